The average Bonchev–Trinajstić information content (AvgIpc) is 2.52. The predicted octanol–water partition coefficient (Wildman–Crippen LogP) is 0.227. The average molecular weight is 254 g/mol. The number of fused-ring (bicyclic) bond motifs is 1. The Bertz CT molecular complexity index is 362. The van der Waals surface area contributed by atoms with Crippen LogP contribution in [0.2, 0.25) is 0 Å². The van der Waals surface area contributed by atoms with Crippen LogP contribution >= 0.6 is 0 Å². The second-order valence-electron chi connectivity index (χ2n) is 6.11. The van der Waals surface area contributed by atoms with Crippen LogP contribution in [0.3, 0.4) is 0 Å². The Hall–Kier alpha value is -1.10. The van der Waals surface area contributed by atoms with Crippen molar-refractivity contribution in [2.24, 2.45) is 5.92 Å². The minimum Gasteiger partial charge on any atom is -0.390 e. The lowest BCUT2D eigenvalue weighted by molar-refractivity contribution is -0.140. The number of carbonyl (C=O) groups is 2. The van der Waals surface area contributed by atoms with Gasteiger partial charge in [-0.2, -0.15) is 0 Å². The van der Waals surface area contributed by atoms with Crippen molar-refractivity contribution in [2.45, 2.75) is 44.8 Å². The van der Waals surface area contributed by atoms with E-state index < -0.39 is 5.60 Å². The number of piperidine rings is 1. The molecular weight excluding hydrogens is 232 g/mol. The fourth-order valence-electron chi connectivity index (χ4n) is 3.01. The molecule has 2 aliphatic rings. The molecule has 2 atom stereocenters. The number of likely N-dealkylation sites (N-methyl/N-ethyl adjacent to an activating group) is 1. The first kappa shape index (κ1) is 13.3. The number of amides is 2. The van der Waals surface area contributed by atoms with Crippen molar-refractivity contribution in [2.75, 3.05) is 20.1 Å². The van der Waals surface area contributed by atoms with E-state index >= 15 is 0 Å². The minimum atomic E-state index is -0.988. The standard InChI is InChI=1S/C13H22N2O3/c1-13(2,18)7-11(16)15-6-4-5-9-10(15)8-14(3)12(9)17/h9-10,18H,4-8H2,1-3H3/t9-,10-/m1/s1. The van der Waals surface area contributed by atoms with Crippen LogP contribution in [-0.2, 0) is 9.59 Å². The zero-order chi connectivity index (χ0) is 13.5. The lowest BCUT2D eigenvalue weighted by Crippen LogP contribution is -2.50. The van der Waals surface area contributed by atoms with E-state index in [9.17, 15) is 14.7 Å². The van der Waals surface area contributed by atoms with E-state index in [1.165, 1.54) is 0 Å². The highest BCUT2D eigenvalue weighted by atomic mass is 16.3. The smallest absolute Gasteiger partial charge is 0.227 e. The second-order valence-corrected chi connectivity index (χ2v) is 6.11. The quantitative estimate of drug-likeness (QED) is 0.767. The van der Waals surface area contributed by atoms with Crippen LogP contribution < -0.4 is 0 Å². The number of likely N-dealkylation sites (tertiary alicyclic amines) is 2. The Labute approximate surface area is 108 Å². The van der Waals surface area contributed by atoms with Crippen LogP contribution in [0.15, 0.2) is 0 Å². The molecular formula is C13H22N2O3. The molecule has 2 fully saturated rings. The fourth-order valence-corrected chi connectivity index (χ4v) is 3.01. The van der Waals surface area contributed by atoms with Gasteiger partial charge in [-0.25, -0.2) is 0 Å². The molecule has 0 aromatic heterocycles. The monoisotopic (exact) mass is 254 g/mol. The summed E-state index contributed by atoms with van der Waals surface area (Å²) in [7, 11) is 1.79. The summed E-state index contributed by atoms with van der Waals surface area (Å²) in [5, 5.41) is 9.74. The summed E-state index contributed by atoms with van der Waals surface area (Å²) in [5.41, 5.74) is -0.988. The number of hydrogen-bond donors (Lipinski definition) is 1. The summed E-state index contributed by atoms with van der Waals surface area (Å²) in [6.45, 7) is 4.61. The van der Waals surface area contributed by atoms with Crippen molar-refractivity contribution in [3.63, 3.8) is 0 Å². The first-order valence-electron chi connectivity index (χ1n) is 6.56. The Morgan fingerprint density at radius 2 is 2.17 bits per heavy atom. The maximum atomic E-state index is 12.2. The van der Waals surface area contributed by atoms with Gasteiger partial charge >= 0.3 is 0 Å². The molecule has 1 N–H and O–H groups in total. The van der Waals surface area contributed by atoms with Crippen LogP contribution in [0, 0.1) is 5.92 Å². The molecule has 0 saturated carbocycles. The molecule has 0 spiro atoms. The Kier molecular flexibility index (Phi) is 3.36. The third-order valence-electron chi connectivity index (χ3n) is 3.84. The lowest BCUT2D eigenvalue weighted by atomic mass is 9.90. The van der Waals surface area contributed by atoms with Crippen molar-refractivity contribution < 1.29 is 14.7 Å². The van der Waals surface area contributed by atoms with Gasteiger partial charge in [0.2, 0.25) is 11.8 Å². The summed E-state index contributed by atoms with van der Waals surface area (Å²) in [6, 6.07) is 0.00565. The molecule has 2 amide bonds. The molecule has 0 bridgehead atoms. The maximum Gasteiger partial charge on any atom is 0.227 e. The van der Waals surface area contributed by atoms with Gasteiger partial charge in [0.25, 0.3) is 0 Å². The van der Waals surface area contributed by atoms with Gasteiger partial charge in [-0.3, -0.25) is 9.59 Å². The van der Waals surface area contributed by atoms with Gasteiger partial charge in [0.1, 0.15) is 0 Å². The maximum absolute atomic E-state index is 12.2. The van der Waals surface area contributed by atoms with Crippen LogP contribution in [-0.4, -0.2) is 58.5 Å². The normalized spacial score (nSPS) is 28.6. The molecule has 2 aliphatic heterocycles. The van der Waals surface area contributed by atoms with Gasteiger partial charge in [-0.1, -0.05) is 0 Å². The zero-order valence-corrected chi connectivity index (χ0v) is 11.3. The first-order valence-corrected chi connectivity index (χ1v) is 6.56. The van der Waals surface area contributed by atoms with E-state index in [2.05, 4.69) is 0 Å². The summed E-state index contributed by atoms with van der Waals surface area (Å²) in [4.78, 5) is 27.6. The van der Waals surface area contributed by atoms with E-state index in [1.54, 1.807) is 30.7 Å². The summed E-state index contributed by atoms with van der Waals surface area (Å²) < 4.78 is 0. The molecule has 0 radical (unpaired) electrons. The van der Waals surface area contributed by atoms with Crippen LogP contribution in [0.1, 0.15) is 33.1 Å². The van der Waals surface area contributed by atoms with Crippen molar-refractivity contribution in [3.05, 3.63) is 0 Å². The highest BCUT2D eigenvalue weighted by molar-refractivity contribution is 5.84. The number of nitrogens with zero attached hydrogens (tertiary/aromatic N) is 2. The highest BCUT2D eigenvalue weighted by Crippen LogP contribution is 2.31. The lowest BCUT2D eigenvalue weighted by Gasteiger charge is -2.37. The van der Waals surface area contributed by atoms with Crippen LogP contribution in [0.5, 0.6) is 0 Å². The van der Waals surface area contributed by atoms with Gasteiger partial charge in [-0.15, -0.1) is 0 Å². The SMILES string of the molecule is CN1C[C@@H]2[C@@H](CCCN2C(=O)CC(C)(C)O)C1=O. The number of rotatable bonds is 2. The van der Waals surface area contributed by atoms with Crippen molar-refractivity contribution >= 4 is 11.8 Å². The molecule has 18 heavy (non-hydrogen) atoms. The van der Waals surface area contributed by atoms with E-state index in [0.717, 1.165) is 12.8 Å². The molecule has 102 valence electrons. The molecule has 2 saturated heterocycles. The largest absolute Gasteiger partial charge is 0.390 e. The van der Waals surface area contributed by atoms with Gasteiger partial charge in [-0.05, 0) is 26.7 Å². The van der Waals surface area contributed by atoms with Crippen molar-refractivity contribution in [1.29, 1.82) is 0 Å². The Balaban J connectivity index is 2.09. The van der Waals surface area contributed by atoms with Gasteiger partial charge in [0, 0.05) is 20.1 Å². The molecule has 0 aliphatic carbocycles. The number of hydrogen-bond acceptors (Lipinski definition) is 3. The zero-order valence-electron chi connectivity index (χ0n) is 11.3. The number of carbonyl (C=O) groups excluding carboxylic acids is 2. The Morgan fingerprint density at radius 1 is 1.50 bits per heavy atom. The van der Waals surface area contributed by atoms with Crippen molar-refractivity contribution in [1.82, 2.24) is 9.80 Å². The molecule has 2 heterocycles. The minimum absolute atomic E-state index is 0.00565. The highest BCUT2D eigenvalue weighted by Gasteiger charge is 2.45. The molecule has 0 unspecified atom stereocenters. The van der Waals surface area contributed by atoms with Gasteiger partial charge < -0.3 is 14.9 Å². The molecule has 5 heteroatoms. The topological polar surface area (TPSA) is 60.9 Å². The van der Waals surface area contributed by atoms with Gasteiger partial charge in [0.15, 0.2) is 0 Å². The third-order valence-corrected chi connectivity index (χ3v) is 3.84. The first-order chi connectivity index (χ1) is 8.29. The van der Waals surface area contributed by atoms with Gasteiger partial charge in [0.05, 0.1) is 24.0 Å². The van der Waals surface area contributed by atoms with Crippen molar-refractivity contribution in [3.8, 4) is 0 Å². The predicted molar refractivity (Wildman–Crippen MR) is 66.8 cm³/mol. The van der Waals surface area contributed by atoms with E-state index in [-0.39, 0.29) is 30.2 Å². The summed E-state index contributed by atoms with van der Waals surface area (Å²) >= 11 is 0. The molecule has 0 aromatic rings. The Morgan fingerprint density at radius 3 is 2.78 bits per heavy atom. The molecule has 5 nitrogen and oxygen atoms in total. The number of aliphatic hydroxyl groups is 1. The second kappa shape index (κ2) is 4.53. The molecule has 0 aromatic carbocycles. The van der Waals surface area contributed by atoms with E-state index in [0.29, 0.717) is 13.1 Å². The van der Waals surface area contributed by atoms with E-state index in [1.807, 2.05) is 0 Å². The summed E-state index contributed by atoms with van der Waals surface area (Å²) in [6.07, 6.45) is 1.87. The van der Waals surface area contributed by atoms with Crippen LogP contribution in [0.4, 0.5) is 0 Å². The molecule has 2 rings (SSSR count). The summed E-state index contributed by atoms with van der Waals surface area (Å²) in [5.74, 6) is 0.0792. The fraction of sp³-hybridized carbons (Fsp3) is 0.846. The third kappa shape index (κ3) is 2.51. The van der Waals surface area contributed by atoms with E-state index in [4.69, 9.17) is 0 Å². The van der Waals surface area contributed by atoms with Crippen LogP contribution in [0.25, 0.3) is 0 Å².